The molecule has 0 heterocycles. The van der Waals surface area contributed by atoms with Crippen LogP contribution in [-0.4, -0.2) is 32.3 Å². The lowest BCUT2D eigenvalue weighted by Gasteiger charge is -2.39. The third-order valence-corrected chi connectivity index (χ3v) is 9.37. The van der Waals surface area contributed by atoms with E-state index in [1.807, 2.05) is 30.3 Å². The van der Waals surface area contributed by atoms with Crippen LogP contribution in [0, 0.1) is 0 Å². The summed E-state index contributed by atoms with van der Waals surface area (Å²) in [5.74, 6) is -1.13. The zero-order valence-corrected chi connectivity index (χ0v) is 18.6. The minimum atomic E-state index is -1.85. The number of hydrogen-bond acceptors (Lipinski definition) is 4. The lowest BCUT2D eigenvalue weighted by molar-refractivity contribution is -0.117. The standard InChI is InChI=1S/C20H31FO2Si.CH3NO2/c1-6-14-20(2,3)24(4,5)23-15-10-13-18(21)19(22)16-17-11-8-7-9-12-17;3-1-2-4/h7-9,11-13H,6,10,14-16H2,1-5H3;1,4H,(H,2,3)/b18-13-;. The van der Waals surface area contributed by atoms with Gasteiger partial charge in [-0.2, -0.15) is 0 Å². The Morgan fingerprint density at radius 3 is 2.36 bits per heavy atom. The first-order chi connectivity index (χ1) is 13.1. The number of Topliss-reactive ketones (excluding diaryl/α,β-unsaturated/α-hetero) is 1. The molecule has 1 rings (SSSR count). The molecule has 158 valence electrons. The van der Waals surface area contributed by atoms with E-state index in [0.29, 0.717) is 13.0 Å². The van der Waals surface area contributed by atoms with Crippen LogP contribution in [0.15, 0.2) is 42.2 Å². The maximum absolute atomic E-state index is 13.9. The molecule has 1 aromatic rings. The Bertz CT molecular complexity index is 618. The van der Waals surface area contributed by atoms with Gasteiger partial charge in [0.1, 0.15) is 0 Å². The SMILES string of the molecule is CCCC(C)(C)[Si](C)(C)OCC/C=C(\F)C(=O)Cc1ccccc1.O=CNO. The van der Waals surface area contributed by atoms with Crippen molar-refractivity contribution in [2.24, 2.45) is 0 Å². The van der Waals surface area contributed by atoms with Gasteiger partial charge in [-0.25, -0.2) is 9.87 Å². The third-order valence-electron chi connectivity index (χ3n) is 4.94. The molecule has 28 heavy (non-hydrogen) atoms. The van der Waals surface area contributed by atoms with Crippen LogP contribution in [0.4, 0.5) is 4.39 Å². The highest BCUT2D eigenvalue weighted by molar-refractivity contribution is 6.74. The van der Waals surface area contributed by atoms with E-state index in [4.69, 9.17) is 14.4 Å². The summed E-state index contributed by atoms with van der Waals surface area (Å²) in [6.45, 7) is 11.6. The molecule has 0 aliphatic carbocycles. The molecule has 1 amide bonds. The van der Waals surface area contributed by atoms with Crippen molar-refractivity contribution in [3.05, 3.63) is 47.8 Å². The van der Waals surface area contributed by atoms with Gasteiger partial charge in [0.25, 0.3) is 0 Å². The highest BCUT2D eigenvalue weighted by Crippen LogP contribution is 2.42. The maximum Gasteiger partial charge on any atom is 0.230 e. The topological polar surface area (TPSA) is 75.6 Å². The number of nitrogens with one attached hydrogen (secondary N) is 1. The average Bonchev–Trinajstić information content (AvgIpc) is 2.65. The number of carbonyl (C=O) groups excluding carboxylic acids is 2. The zero-order valence-electron chi connectivity index (χ0n) is 17.6. The van der Waals surface area contributed by atoms with E-state index in [0.717, 1.165) is 18.4 Å². The van der Waals surface area contributed by atoms with Crippen LogP contribution < -0.4 is 5.48 Å². The number of hydrogen-bond donors (Lipinski definition) is 2. The average molecular weight is 412 g/mol. The van der Waals surface area contributed by atoms with Crippen LogP contribution in [0.1, 0.15) is 45.6 Å². The molecule has 0 unspecified atom stereocenters. The summed E-state index contributed by atoms with van der Waals surface area (Å²) >= 11 is 0. The van der Waals surface area contributed by atoms with E-state index in [9.17, 15) is 9.18 Å². The number of benzene rings is 1. The van der Waals surface area contributed by atoms with Gasteiger partial charge >= 0.3 is 0 Å². The molecule has 0 bridgehead atoms. The number of amides is 1. The molecule has 0 atom stereocenters. The molecule has 0 fully saturated rings. The summed E-state index contributed by atoms with van der Waals surface area (Å²) < 4.78 is 20.0. The predicted molar refractivity (Wildman–Crippen MR) is 112 cm³/mol. The molecule has 0 aromatic heterocycles. The van der Waals surface area contributed by atoms with E-state index >= 15 is 0 Å². The molecular formula is C21H34FNO4Si. The Labute approximate surface area is 169 Å². The van der Waals surface area contributed by atoms with Gasteiger partial charge in [0.15, 0.2) is 19.9 Å². The van der Waals surface area contributed by atoms with E-state index in [1.165, 1.54) is 11.6 Å². The van der Waals surface area contributed by atoms with Crippen molar-refractivity contribution in [1.29, 1.82) is 0 Å². The van der Waals surface area contributed by atoms with Gasteiger partial charge in [-0.05, 0) is 42.6 Å². The maximum atomic E-state index is 13.9. The summed E-state index contributed by atoms with van der Waals surface area (Å²) in [5, 5.41) is 7.44. The quantitative estimate of drug-likeness (QED) is 0.135. The number of ketones is 1. The van der Waals surface area contributed by atoms with Crippen molar-refractivity contribution in [1.82, 2.24) is 5.48 Å². The molecule has 0 aliphatic heterocycles. The Morgan fingerprint density at radius 1 is 1.29 bits per heavy atom. The van der Waals surface area contributed by atoms with Crippen LogP contribution in [0.5, 0.6) is 0 Å². The van der Waals surface area contributed by atoms with Gasteiger partial charge in [0.05, 0.1) is 0 Å². The summed E-state index contributed by atoms with van der Waals surface area (Å²) in [4.78, 5) is 20.7. The molecule has 0 aliphatic rings. The van der Waals surface area contributed by atoms with E-state index in [1.54, 1.807) is 0 Å². The summed E-state index contributed by atoms with van der Waals surface area (Å²) in [6.07, 6.45) is 4.35. The second kappa shape index (κ2) is 13.4. The molecule has 1 aromatic carbocycles. The van der Waals surface area contributed by atoms with Crippen molar-refractivity contribution in [3.63, 3.8) is 0 Å². The largest absolute Gasteiger partial charge is 0.417 e. The Kier molecular flexibility index (Phi) is 12.5. The van der Waals surface area contributed by atoms with E-state index < -0.39 is 19.9 Å². The molecule has 7 heteroatoms. The molecule has 2 N–H and O–H groups in total. The van der Waals surface area contributed by atoms with Gasteiger partial charge in [0.2, 0.25) is 6.41 Å². The molecule has 0 spiro atoms. The van der Waals surface area contributed by atoms with Gasteiger partial charge < -0.3 is 4.43 Å². The Balaban J connectivity index is 0.00000165. The minimum absolute atomic E-state index is 0.105. The van der Waals surface area contributed by atoms with Crippen molar-refractivity contribution in [3.8, 4) is 0 Å². The Hall–Kier alpha value is -1.83. The highest BCUT2D eigenvalue weighted by Gasteiger charge is 2.39. The van der Waals surface area contributed by atoms with Crippen molar-refractivity contribution < 1.29 is 23.6 Å². The van der Waals surface area contributed by atoms with Crippen LogP contribution in [0.25, 0.3) is 0 Å². The highest BCUT2D eigenvalue weighted by atomic mass is 28.4. The first-order valence-corrected chi connectivity index (χ1v) is 12.4. The third kappa shape index (κ3) is 9.92. The van der Waals surface area contributed by atoms with Gasteiger partial charge in [-0.15, -0.1) is 0 Å². The van der Waals surface area contributed by atoms with Crippen LogP contribution in [-0.2, 0) is 20.4 Å². The normalized spacial score (nSPS) is 12.0. The van der Waals surface area contributed by atoms with Crippen molar-refractivity contribution in [2.45, 2.75) is 64.6 Å². The molecule has 5 nitrogen and oxygen atoms in total. The van der Waals surface area contributed by atoms with Gasteiger partial charge in [-0.1, -0.05) is 57.5 Å². The minimum Gasteiger partial charge on any atom is -0.417 e. The molecule has 0 saturated carbocycles. The van der Waals surface area contributed by atoms with Crippen molar-refractivity contribution in [2.75, 3.05) is 6.61 Å². The van der Waals surface area contributed by atoms with Crippen molar-refractivity contribution >= 4 is 20.5 Å². The van der Waals surface area contributed by atoms with Crippen LogP contribution >= 0.6 is 0 Å². The molecule has 0 saturated heterocycles. The number of halogens is 1. The fraction of sp³-hybridized carbons (Fsp3) is 0.524. The Morgan fingerprint density at radius 2 is 1.86 bits per heavy atom. The second-order valence-corrected chi connectivity index (χ2v) is 12.3. The summed E-state index contributed by atoms with van der Waals surface area (Å²) in [7, 11) is -1.85. The predicted octanol–water partition coefficient (Wildman–Crippen LogP) is 4.97. The molecular weight excluding hydrogens is 377 g/mol. The van der Waals surface area contributed by atoms with E-state index in [2.05, 4.69) is 33.9 Å². The van der Waals surface area contributed by atoms with Gasteiger partial charge in [0, 0.05) is 13.0 Å². The van der Waals surface area contributed by atoms with E-state index in [-0.39, 0.29) is 17.9 Å². The second-order valence-electron chi connectivity index (χ2n) is 7.67. The smallest absolute Gasteiger partial charge is 0.230 e. The lowest BCUT2D eigenvalue weighted by Crippen LogP contribution is -2.42. The first-order valence-electron chi connectivity index (χ1n) is 9.51. The number of rotatable bonds is 11. The number of allylic oxidation sites excluding steroid dienone is 1. The number of carbonyl (C=O) groups is 2. The lowest BCUT2D eigenvalue weighted by atomic mass is 10.1. The van der Waals surface area contributed by atoms with Gasteiger partial charge in [-0.3, -0.25) is 14.8 Å². The monoisotopic (exact) mass is 411 g/mol. The van der Waals surface area contributed by atoms with Crippen LogP contribution in [0.2, 0.25) is 18.1 Å². The number of hydroxylamine groups is 1. The fourth-order valence-corrected chi connectivity index (χ4v) is 4.47. The van der Waals surface area contributed by atoms with Crippen LogP contribution in [0.3, 0.4) is 0 Å². The summed E-state index contributed by atoms with van der Waals surface area (Å²) in [6, 6.07) is 9.24. The zero-order chi connectivity index (χ0) is 21.6. The summed E-state index contributed by atoms with van der Waals surface area (Å²) in [5.41, 5.74) is 2.08. The fourth-order valence-electron chi connectivity index (χ4n) is 2.60. The molecule has 0 radical (unpaired) electrons. The first kappa shape index (κ1) is 26.2.